The van der Waals surface area contributed by atoms with Crippen LogP contribution in [0.1, 0.15) is 55.9 Å². The maximum Gasteiger partial charge on any atom is 0.158 e. The van der Waals surface area contributed by atoms with E-state index < -0.39 is 0 Å². The lowest BCUT2D eigenvalue weighted by Gasteiger charge is -2.19. The van der Waals surface area contributed by atoms with Crippen molar-refractivity contribution in [3.8, 4) is 10.4 Å². The van der Waals surface area contributed by atoms with E-state index in [-0.39, 0.29) is 7.92 Å². The zero-order valence-electron chi connectivity index (χ0n) is 17.1. The largest absolute Gasteiger partial charge is 0.307 e. The fourth-order valence-electron chi connectivity index (χ4n) is 4.33. The number of hydrazine groups is 1. The van der Waals surface area contributed by atoms with E-state index in [2.05, 4.69) is 39.8 Å². The quantitative estimate of drug-likeness (QED) is 0.233. The van der Waals surface area contributed by atoms with E-state index >= 15 is 0 Å². The summed E-state index contributed by atoms with van der Waals surface area (Å²) in [7, 11) is 1.60. The predicted octanol–water partition coefficient (Wildman–Crippen LogP) is 4.95. The minimum atomic E-state index is -0.119. The van der Waals surface area contributed by atoms with Crippen molar-refractivity contribution in [2.24, 2.45) is 15.8 Å². The van der Waals surface area contributed by atoms with Crippen molar-refractivity contribution in [3.63, 3.8) is 0 Å². The Labute approximate surface area is 178 Å². The lowest BCUT2D eigenvalue weighted by atomic mass is 9.90. The first kappa shape index (κ1) is 20.6. The van der Waals surface area contributed by atoms with Gasteiger partial charge in [-0.1, -0.05) is 33.3 Å². The highest BCUT2D eigenvalue weighted by molar-refractivity contribution is 7.66. The second kappa shape index (κ2) is 9.92. The Kier molecular flexibility index (Phi) is 7.06. The SMILES string of the molecule is CN=CC(=Nc1ccc(-c2cnc(C3CCCCC3)s2)c(P2CCCC2)c1)NN. The highest BCUT2D eigenvalue weighted by Crippen LogP contribution is 2.46. The van der Waals surface area contributed by atoms with Crippen LogP contribution in [0.2, 0.25) is 0 Å². The van der Waals surface area contributed by atoms with Crippen molar-refractivity contribution in [3.05, 3.63) is 29.4 Å². The molecule has 2 fully saturated rings. The van der Waals surface area contributed by atoms with Gasteiger partial charge in [0.05, 0.1) is 21.8 Å². The number of hydrogen-bond acceptors (Lipinski definition) is 5. The molecule has 0 radical (unpaired) electrons. The molecule has 5 nitrogen and oxygen atoms in total. The van der Waals surface area contributed by atoms with Crippen molar-refractivity contribution in [2.75, 3.05) is 19.4 Å². The monoisotopic (exact) mass is 427 g/mol. The molecule has 3 N–H and O–H groups in total. The van der Waals surface area contributed by atoms with Crippen LogP contribution >= 0.6 is 19.3 Å². The van der Waals surface area contributed by atoms with Gasteiger partial charge in [-0.15, -0.1) is 11.3 Å². The highest BCUT2D eigenvalue weighted by atomic mass is 32.1. The fourth-order valence-corrected chi connectivity index (χ4v) is 8.30. The van der Waals surface area contributed by atoms with Crippen LogP contribution in [0.3, 0.4) is 0 Å². The molecular weight excluding hydrogens is 397 g/mol. The van der Waals surface area contributed by atoms with Crippen molar-refractivity contribution >= 4 is 42.3 Å². The summed E-state index contributed by atoms with van der Waals surface area (Å²) in [5, 5.41) is 2.81. The van der Waals surface area contributed by atoms with Crippen LogP contribution < -0.4 is 16.6 Å². The molecule has 0 atom stereocenters. The predicted molar refractivity (Wildman–Crippen MR) is 128 cm³/mol. The van der Waals surface area contributed by atoms with Crippen molar-refractivity contribution in [1.82, 2.24) is 10.4 Å². The Morgan fingerprint density at radius 3 is 2.72 bits per heavy atom. The molecule has 0 amide bonds. The Balaban J connectivity index is 1.68. The van der Waals surface area contributed by atoms with Gasteiger partial charge in [-0.25, -0.2) is 15.8 Å². The van der Waals surface area contributed by atoms with Crippen LogP contribution in [0.25, 0.3) is 10.4 Å². The maximum absolute atomic E-state index is 5.59. The maximum atomic E-state index is 5.59. The summed E-state index contributed by atoms with van der Waals surface area (Å²) in [5.74, 6) is 6.82. The molecule has 1 aromatic heterocycles. The van der Waals surface area contributed by atoms with Gasteiger partial charge >= 0.3 is 0 Å². The van der Waals surface area contributed by atoms with Gasteiger partial charge in [-0.05, 0) is 55.4 Å². The van der Waals surface area contributed by atoms with Gasteiger partial charge in [0.25, 0.3) is 0 Å². The first-order chi connectivity index (χ1) is 14.3. The van der Waals surface area contributed by atoms with Crippen molar-refractivity contribution < 1.29 is 0 Å². The number of rotatable bonds is 5. The van der Waals surface area contributed by atoms with Gasteiger partial charge in [0.15, 0.2) is 5.84 Å². The number of amidine groups is 1. The zero-order valence-corrected chi connectivity index (χ0v) is 18.8. The average Bonchev–Trinajstić information content (AvgIpc) is 3.46. The van der Waals surface area contributed by atoms with Gasteiger partial charge in [-0.2, -0.15) is 0 Å². The Hall–Kier alpha value is -1.62. The lowest BCUT2D eigenvalue weighted by molar-refractivity contribution is 0.442. The third kappa shape index (κ3) is 4.93. The summed E-state index contributed by atoms with van der Waals surface area (Å²) in [5.41, 5.74) is 4.92. The average molecular weight is 428 g/mol. The van der Waals surface area contributed by atoms with E-state index in [1.54, 1.807) is 13.3 Å². The topological polar surface area (TPSA) is 75.7 Å². The molecular formula is C22H30N5PS. The molecule has 1 saturated carbocycles. The summed E-state index contributed by atoms with van der Waals surface area (Å²) >= 11 is 1.91. The van der Waals surface area contributed by atoms with Crippen LogP contribution in [0.4, 0.5) is 5.69 Å². The molecule has 4 rings (SSSR count). The van der Waals surface area contributed by atoms with E-state index in [0.717, 1.165) is 5.69 Å². The molecule has 7 heteroatoms. The summed E-state index contributed by atoms with van der Waals surface area (Å²) in [4.78, 5) is 14.8. The van der Waals surface area contributed by atoms with E-state index in [1.807, 2.05) is 11.3 Å². The van der Waals surface area contributed by atoms with E-state index in [1.165, 1.54) is 78.0 Å². The third-order valence-corrected chi connectivity index (χ3v) is 9.78. The first-order valence-electron chi connectivity index (χ1n) is 10.6. The van der Waals surface area contributed by atoms with Crippen LogP contribution in [-0.2, 0) is 0 Å². The summed E-state index contributed by atoms with van der Waals surface area (Å²) in [6.07, 6.45) is 15.8. The fraction of sp³-hybridized carbons (Fsp3) is 0.500. The minimum absolute atomic E-state index is 0.119. The number of hydrogen-bond donors (Lipinski definition) is 2. The van der Waals surface area contributed by atoms with E-state index in [0.29, 0.717) is 11.8 Å². The van der Waals surface area contributed by atoms with Crippen molar-refractivity contribution in [1.29, 1.82) is 0 Å². The second-order valence-corrected chi connectivity index (χ2v) is 11.3. The van der Waals surface area contributed by atoms with Gasteiger partial charge in [0.2, 0.25) is 0 Å². The van der Waals surface area contributed by atoms with Crippen LogP contribution in [0, 0.1) is 0 Å². The van der Waals surface area contributed by atoms with E-state index in [4.69, 9.17) is 10.8 Å². The Bertz CT molecular complexity index is 879. The molecule has 2 heterocycles. The Morgan fingerprint density at radius 2 is 2.00 bits per heavy atom. The molecule has 0 bridgehead atoms. The number of aromatic nitrogens is 1. The number of aliphatic imine (C=N–C) groups is 2. The molecule has 1 aliphatic heterocycles. The third-order valence-electron chi connectivity index (χ3n) is 5.82. The smallest absolute Gasteiger partial charge is 0.158 e. The Morgan fingerprint density at radius 1 is 1.21 bits per heavy atom. The number of nitrogens with zero attached hydrogens (tertiary/aromatic N) is 3. The number of nitrogens with one attached hydrogen (secondary N) is 1. The van der Waals surface area contributed by atoms with Crippen LogP contribution in [0.5, 0.6) is 0 Å². The highest BCUT2D eigenvalue weighted by Gasteiger charge is 2.23. The molecule has 2 aromatic rings. The number of benzene rings is 1. The van der Waals surface area contributed by atoms with Crippen LogP contribution in [-0.4, -0.2) is 36.4 Å². The molecule has 154 valence electrons. The van der Waals surface area contributed by atoms with Gasteiger partial charge in [0, 0.05) is 24.7 Å². The van der Waals surface area contributed by atoms with Gasteiger partial charge in [-0.3, -0.25) is 4.99 Å². The van der Waals surface area contributed by atoms with Gasteiger partial charge < -0.3 is 5.43 Å². The molecule has 2 aliphatic rings. The van der Waals surface area contributed by atoms with Crippen LogP contribution in [0.15, 0.2) is 34.4 Å². The standard InChI is InChI=1S/C22H30N5PS/c1-24-15-21(27-23)26-17-9-10-18(19(13-17)28-11-5-6-12-28)20-14-25-22(29-20)16-7-3-2-4-8-16/h9-10,13-16H,2-8,11-12,23H2,1H3,(H,26,27). The molecule has 0 spiro atoms. The number of thiazole rings is 1. The van der Waals surface area contributed by atoms with E-state index in [9.17, 15) is 0 Å². The molecule has 1 aliphatic carbocycles. The zero-order chi connectivity index (χ0) is 20.1. The normalized spacial score (nSPS) is 19.3. The summed E-state index contributed by atoms with van der Waals surface area (Å²) < 4.78 is 0. The lowest BCUT2D eigenvalue weighted by Crippen LogP contribution is -2.31. The summed E-state index contributed by atoms with van der Waals surface area (Å²) in [6, 6.07) is 6.60. The second-order valence-electron chi connectivity index (χ2n) is 7.82. The number of nitrogens with two attached hydrogens (primary N) is 1. The summed E-state index contributed by atoms with van der Waals surface area (Å²) in [6.45, 7) is 0. The molecule has 29 heavy (non-hydrogen) atoms. The van der Waals surface area contributed by atoms with Crippen molar-refractivity contribution in [2.45, 2.75) is 50.9 Å². The van der Waals surface area contributed by atoms with Gasteiger partial charge in [0.1, 0.15) is 0 Å². The molecule has 0 unspecified atom stereocenters. The minimum Gasteiger partial charge on any atom is -0.307 e. The molecule has 1 saturated heterocycles. The molecule has 1 aromatic carbocycles. The first-order valence-corrected chi connectivity index (χ1v) is 13.1.